The molecule has 5 rings (SSSR count). The Morgan fingerprint density at radius 1 is 1.17 bits per heavy atom. The summed E-state index contributed by atoms with van der Waals surface area (Å²) in [6, 6.07) is 1.32. The maximum Gasteiger partial charge on any atom is 0.222 e. The molecular weight excluding hydrogens is 392 g/mol. The van der Waals surface area contributed by atoms with Gasteiger partial charge in [-0.1, -0.05) is 6.08 Å². The van der Waals surface area contributed by atoms with Crippen molar-refractivity contribution in [2.45, 2.75) is 13.3 Å². The van der Waals surface area contributed by atoms with E-state index in [4.69, 9.17) is 4.74 Å². The number of fused-ring (bicyclic) bond motifs is 1. The van der Waals surface area contributed by atoms with Crippen LogP contribution in [0.3, 0.4) is 0 Å². The number of nitrogens with one attached hydrogen (secondary N) is 1. The zero-order valence-electron chi connectivity index (χ0n) is 16.2. The first kappa shape index (κ1) is 18.2. The van der Waals surface area contributed by atoms with Gasteiger partial charge in [-0.3, -0.25) is 0 Å². The van der Waals surface area contributed by atoms with Crippen LogP contribution in [0.1, 0.15) is 17.7 Å². The smallest absolute Gasteiger partial charge is 0.222 e. The van der Waals surface area contributed by atoms with Gasteiger partial charge in [0.2, 0.25) is 5.88 Å². The third-order valence-corrected chi connectivity index (χ3v) is 5.05. The molecule has 152 valence electrons. The van der Waals surface area contributed by atoms with Crippen LogP contribution in [0.4, 0.5) is 14.6 Å². The highest BCUT2D eigenvalue weighted by Crippen LogP contribution is 2.36. The lowest BCUT2D eigenvalue weighted by Crippen LogP contribution is -2.21. The summed E-state index contributed by atoms with van der Waals surface area (Å²) in [5, 5.41) is 4.21. The molecule has 0 aliphatic carbocycles. The van der Waals surface area contributed by atoms with E-state index in [1.165, 1.54) is 23.9 Å². The number of methoxy groups -OCH3 is 1. The highest BCUT2D eigenvalue weighted by atomic mass is 19.1. The summed E-state index contributed by atoms with van der Waals surface area (Å²) in [6.45, 7) is 2.35. The van der Waals surface area contributed by atoms with Gasteiger partial charge in [-0.05, 0) is 19.4 Å². The summed E-state index contributed by atoms with van der Waals surface area (Å²) in [7, 11) is 1.46. The average molecular weight is 409 g/mol. The Balaban J connectivity index is 1.64. The molecule has 0 amide bonds. The van der Waals surface area contributed by atoms with E-state index in [1.54, 1.807) is 17.4 Å². The number of rotatable bonds is 4. The first-order valence-corrected chi connectivity index (χ1v) is 9.28. The van der Waals surface area contributed by atoms with Crippen LogP contribution in [0.25, 0.3) is 22.6 Å². The number of pyridine rings is 1. The molecule has 0 radical (unpaired) electrons. The van der Waals surface area contributed by atoms with Crippen LogP contribution in [0.15, 0.2) is 37.1 Å². The number of hydrogen-bond acceptors (Lipinski definition) is 6. The summed E-state index contributed by atoms with van der Waals surface area (Å²) >= 11 is 0. The SMILES string of the molecule is COc1ncc(F)cc1C1=CCCN1c1nc2c(-c3[nH]cnc3C)cnn2cc1F. The largest absolute Gasteiger partial charge is 0.481 e. The molecule has 1 N–H and O–H groups in total. The van der Waals surface area contributed by atoms with E-state index in [-0.39, 0.29) is 11.7 Å². The second-order valence-electron chi connectivity index (χ2n) is 6.84. The van der Waals surface area contributed by atoms with Crippen LogP contribution >= 0.6 is 0 Å². The molecule has 0 saturated carbocycles. The molecule has 0 aromatic carbocycles. The number of aryl methyl sites for hydroxylation is 1. The van der Waals surface area contributed by atoms with Crippen LogP contribution in [0.2, 0.25) is 0 Å². The third kappa shape index (κ3) is 2.79. The predicted molar refractivity (Wildman–Crippen MR) is 106 cm³/mol. The quantitative estimate of drug-likeness (QED) is 0.556. The Bertz CT molecular complexity index is 1290. The number of H-pyrrole nitrogens is 1. The van der Waals surface area contributed by atoms with E-state index >= 15 is 4.39 Å². The molecule has 4 aromatic heterocycles. The van der Waals surface area contributed by atoms with Crippen molar-refractivity contribution in [1.82, 2.24) is 29.5 Å². The molecule has 4 aromatic rings. The molecule has 1 aliphatic heterocycles. The number of halogens is 2. The van der Waals surface area contributed by atoms with Gasteiger partial charge >= 0.3 is 0 Å². The lowest BCUT2D eigenvalue weighted by molar-refractivity contribution is 0.394. The van der Waals surface area contributed by atoms with Gasteiger partial charge < -0.3 is 14.6 Å². The van der Waals surface area contributed by atoms with Gasteiger partial charge in [0, 0.05) is 6.54 Å². The van der Waals surface area contributed by atoms with E-state index in [0.717, 1.165) is 17.6 Å². The fraction of sp³-hybridized carbons (Fsp3) is 0.200. The van der Waals surface area contributed by atoms with Crippen molar-refractivity contribution in [3.63, 3.8) is 0 Å². The van der Waals surface area contributed by atoms with Gasteiger partial charge in [-0.25, -0.2) is 28.2 Å². The van der Waals surface area contributed by atoms with Crippen molar-refractivity contribution in [2.75, 3.05) is 18.6 Å². The molecule has 10 heteroatoms. The molecule has 30 heavy (non-hydrogen) atoms. The van der Waals surface area contributed by atoms with Crippen LogP contribution in [0, 0.1) is 18.6 Å². The van der Waals surface area contributed by atoms with Crippen molar-refractivity contribution in [3.05, 3.63) is 60.0 Å². The van der Waals surface area contributed by atoms with E-state index < -0.39 is 11.6 Å². The summed E-state index contributed by atoms with van der Waals surface area (Å²) < 4.78 is 35.6. The minimum atomic E-state index is -0.547. The van der Waals surface area contributed by atoms with Crippen molar-refractivity contribution in [2.24, 2.45) is 0 Å². The molecule has 0 bridgehead atoms. The van der Waals surface area contributed by atoms with Gasteiger partial charge in [0.1, 0.15) is 5.82 Å². The zero-order valence-corrected chi connectivity index (χ0v) is 16.2. The van der Waals surface area contributed by atoms with Gasteiger partial charge in [-0.15, -0.1) is 0 Å². The van der Waals surface area contributed by atoms with Gasteiger partial charge in [0.25, 0.3) is 0 Å². The lowest BCUT2D eigenvalue weighted by Gasteiger charge is -2.23. The molecule has 0 saturated heterocycles. The lowest BCUT2D eigenvalue weighted by atomic mass is 10.2. The molecule has 0 spiro atoms. The Morgan fingerprint density at radius 2 is 2.03 bits per heavy atom. The molecule has 1 aliphatic rings. The highest BCUT2D eigenvalue weighted by molar-refractivity contribution is 5.84. The number of aromatic nitrogens is 6. The van der Waals surface area contributed by atoms with Crippen LogP contribution < -0.4 is 9.64 Å². The number of hydrogen-bond donors (Lipinski definition) is 1. The fourth-order valence-corrected chi connectivity index (χ4v) is 3.69. The number of aromatic amines is 1. The van der Waals surface area contributed by atoms with E-state index in [9.17, 15) is 4.39 Å². The number of imidazole rings is 1. The monoisotopic (exact) mass is 409 g/mol. The Morgan fingerprint density at radius 3 is 2.80 bits per heavy atom. The molecule has 0 unspecified atom stereocenters. The summed E-state index contributed by atoms with van der Waals surface area (Å²) in [5.41, 5.74) is 3.77. The minimum absolute atomic E-state index is 0.122. The van der Waals surface area contributed by atoms with Crippen LogP contribution in [-0.2, 0) is 0 Å². The van der Waals surface area contributed by atoms with Gasteiger partial charge in [0.15, 0.2) is 17.3 Å². The van der Waals surface area contributed by atoms with Crippen molar-refractivity contribution >= 4 is 17.2 Å². The minimum Gasteiger partial charge on any atom is -0.481 e. The molecule has 0 fully saturated rings. The van der Waals surface area contributed by atoms with Crippen LogP contribution in [-0.4, -0.2) is 43.2 Å². The maximum atomic E-state index is 15.0. The van der Waals surface area contributed by atoms with Crippen molar-refractivity contribution in [1.29, 1.82) is 0 Å². The first-order chi connectivity index (χ1) is 14.6. The Hall–Kier alpha value is -3.82. The summed E-state index contributed by atoms with van der Waals surface area (Å²) in [4.78, 5) is 17.5. The summed E-state index contributed by atoms with van der Waals surface area (Å²) in [6.07, 6.45) is 8.10. The third-order valence-electron chi connectivity index (χ3n) is 5.05. The topological polar surface area (TPSA) is 84.2 Å². The number of anilines is 1. The first-order valence-electron chi connectivity index (χ1n) is 9.28. The van der Waals surface area contributed by atoms with Gasteiger partial charge in [-0.2, -0.15) is 5.10 Å². The summed E-state index contributed by atoms with van der Waals surface area (Å²) in [5.74, 6) is -0.671. The molecule has 5 heterocycles. The molecule has 0 atom stereocenters. The van der Waals surface area contributed by atoms with Crippen molar-refractivity contribution < 1.29 is 13.5 Å². The number of nitrogens with zero attached hydrogens (tertiary/aromatic N) is 6. The van der Waals surface area contributed by atoms with E-state index in [1.807, 2.05) is 13.0 Å². The predicted octanol–water partition coefficient (Wildman–Crippen LogP) is 3.36. The van der Waals surface area contributed by atoms with Crippen LogP contribution in [0.5, 0.6) is 5.88 Å². The molecular formula is C20H17F2N7O. The molecule has 8 nitrogen and oxygen atoms in total. The standard InChI is InChI=1S/C20H17F2N7O/c1-11-17(25-10-24-11)14-8-26-29-9-15(22)19(27-18(14)29)28-5-3-4-16(28)13-6-12(21)7-23-20(13)30-2/h4,6-10H,3,5H2,1-2H3,(H,24,25). The van der Waals surface area contributed by atoms with Crippen molar-refractivity contribution in [3.8, 4) is 17.1 Å². The van der Waals surface area contributed by atoms with E-state index in [2.05, 4.69) is 25.0 Å². The second kappa shape index (κ2) is 6.90. The Kier molecular flexibility index (Phi) is 4.19. The van der Waals surface area contributed by atoms with E-state index in [0.29, 0.717) is 35.4 Å². The normalized spacial score (nSPS) is 13.9. The number of ether oxygens (including phenoxy) is 1. The zero-order chi connectivity index (χ0) is 20.8. The average Bonchev–Trinajstić information content (AvgIpc) is 3.46. The highest BCUT2D eigenvalue weighted by Gasteiger charge is 2.27. The fourth-order valence-electron chi connectivity index (χ4n) is 3.69. The second-order valence-corrected chi connectivity index (χ2v) is 6.84. The maximum absolute atomic E-state index is 15.0. The Labute approximate surface area is 169 Å². The van der Waals surface area contributed by atoms with Gasteiger partial charge in [0.05, 0.1) is 60.2 Å².